The van der Waals surface area contributed by atoms with Crippen LogP contribution in [0.5, 0.6) is 0 Å². The molecule has 2 rings (SSSR count). The van der Waals surface area contributed by atoms with Crippen molar-refractivity contribution >= 4 is 23.2 Å². The van der Waals surface area contributed by atoms with Crippen LogP contribution in [-0.2, 0) is 0 Å². The van der Waals surface area contributed by atoms with Crippen molar-refractivity contribution < 1.29 is 0 Å². The highest BCUT2D eigenvalue weighted by molar-refractivity contribution is 6.42. The molecule has 1 fully saturated rings. The van der Waals surface area contributed by atoms with Gasteiger partial charge in [0.05, 0.1) is 10.0 Å². The second kappa shape index (κ2) is 4.95. The van der Waals surface area contributed by atoms with Gasteiger partial charge in [0.15, 0.2) is 0 Å². The molecule has 1 atom stereocenters. The minimum atomic E-state index is 0.608. The van der Waals surface area contributed by atoms with Crippen molar-refractivity contribution in [1.29, 1.82) is 0 Å². The maximum Gasteiger partial charge on any atom is 0.0595 e. The maximum absolute atomic E-state index is 6.05. The Balaban J connectivity index is 2.11. The van der Waals surface area contributed by atoms with Gasteiger partial charge in [0.25, 0.3) is 0 Å². The van der Waals surface area contributed by atoms with Gasteiger partial charge in [0.2, 0.25) is 0 Å². The van der Waals surface area contributed by atoms with E-state index in [4.69, 9.17) is 23.2 Å². The smallest absolute Gasteiger partial charge is 0.0595 e. The van der Waals surface area contributed by atoms with E-state index in [-0.39, 0.29) is 0 Å². The molecular formula is C13H17Cl2N. The normalized spacial score (nSPS) is 21.9. The molecule has 16 heavy (non-hydrogen) atoms. The van der Waals surface area contributed by atoms with E-state index in [2.05, 4.69) is 24.8 Å². The van der Waals surface area contributed by atoms with Crippen molar-refractivity contribution in [3.8, 4) is 0 Å². The predicted octanol–water partition coefficient (Wildman–Crippen LogP) is 4.19. The minimum absolute atomic E-state index is 0.608. The van der Waals surface area contributed by atoms with Gasteiger partial charge in [0, 0.05) is 12.6 Å². The average molecular weight is 258 g/mol. The summed E-state index contributed by atoms with van der Waals surface area (Å²) < 4.78 is 0. The van der Waals surface area contributed by atoms with Gasteiger partial charge in [-0.15, -0.1) is 0 Å². The topological polar surface area (TPSA) is 3.24 Å². The summed E-state index contributed by atoms with van der Waals surface area (Å²) in [5, 5.41) is 1.31. The van der Waals surface area contributed by atoms with Crippen LogP contribution >= 0.6 is 23.2 Å². The zero-order valence-electron chi connectivity index (χ0n) is 9.71. The van der Waals surface area contributed by atoms with E-state index in [1.807, 2.05) is 12.1 Å². The van der Waals surface area contributed by atoms with E-state index in [0.717, 1.165) is 6.54 Å². The summed E-state index contributed by atoms with van der Waals surface area (Å²) >= 11 is 12.0. The van der Waals surface area contributed by atoms with Gasteiger partial charge < -0.3 is 4.90 Å². The number of hydrogen-bond acceptors (Lipinski definition) is 1. The van der Waals surface area contributed by atoms with Gasteiger partial charge >= 0.3 is 0 Å². The number of benzene rings is 1. The lowest BCUT2D eigenvalue weighted by atomic mass is 9.99. The van der Waals surface area contributed by atoms with Crippen LogP contribution in [0.1, 0.15) is 31.7 Å². The first kappa shape index (κ1) is 12.2. The molecule has 1 saturated heterocycles. The Morgan fingerprint density at radius 2 is 2.00 bits per heavy atom. The third-order valence-electron chi connectivity index (χ3n) is 3.37. The molecule has 1 aliphatic heterocycles. The maximum atomic E-state index is 6.05. The Morgan fingerprint density at radius 3 is 2.56 bits per heavy atom. The lowest BCUT2D eigenvalue weighted by Crippen LogP contribution is -2.27. The highest BCUT2D eigenvalue weighted by Crippen LogP contribution is 2.32. The molecule has 0 N–H and O–H groups in total. The van der Waals surface area contributed by atoms with Gasteiger partial charge in [-0.05, 0) is 50.4 Å². The van der Waals surface area contributed by atoms with Gasteiger partial charge in [-0.2, -0.15) is 0 Å². The molecule has 0 saturated carbocycles. The highest BCUT2D eigenvalue weighted by atomic mass is 35.5. The zero-order valence-corrected chi connectivity index (χ0v) is 11.2. The lowest BCUT2D eigenvalue weighted by molar-refractivity contribution is 0.272. The molecule has 0 aromatic heterocycles. The fourth-order valence-corrected chi connectivity index (χ4v) is 2.60. The van der Waals surface area contributed by atoms with Gasteiger partial charge in [0.1, 0.15) is 0 Å². The number of nitrogens with zero attached hydrogens (tertiary/aromatic N) is 1. The van der Waals surface area contributed by atoms with Crippen molar-refractivity contribution in [3.63, 3.8) is 0 Å². The summed E-state index contributed by atoms with van der Waals surface area (Å²) in [5.74, 6) is 0.608. The molecule has 0 aliphatic carbocycles. The third kappa shape index (κ3) is 2.53. The van der Waals surface area contributed by atoms with E-state index >= 15 is 0 Å². The fraction of sp³-hybridized carbons (Fsp3) is 0.538. The quantitative estimate of drug-likeness (QED) is 0.768. The second-order valence-corrected chi connectivity index (χ2v) is 5.56. The van der Waals surface area contributed by atoms with E-state index in [9.17, 15) is 0 Å². The van der Waals surface area contributed by atoms with Crippen molar-refractivity contribution in [2.45, 2.75) is 32.2 Å². The van der Waals surface area contributed by atoms with Crippen molar-refractivity contribution in [1.82, 2.24) is 4.90 Å². The van der Waals surface area contributed by atoms with Crippen molar-refractivity contribution in [3.05, 3.63) is 33.8 Å². The molecule has 1 unspecified atom stereocenters. The van der Waals surface area contributed by atoms with Crippen molar-refractivity contribution in [2.75, 3.05) is 13.1 Å². The molecule has 88 valence electrons. The van der Waals surface area contributed by atoms with Crippen LogP contribution in [0, 0.1) is 0 Å². The molecule has 3 heteroatoms. The van der Waals surface area contributed by atoms with Crippen LogP contribution in [0.4, 0.5) is 0 Å². The molecule has 1 heterocycles. The Morgan fingerprint density at radius 1 is 1.25 bits per heavy atom. The monoisotopic (exact) mass is 257 g/mol. The van der Waals surface area contributed by atoms with Gasteiger partial charge in [-0.3, -0.25) is 0 Å². The van der Waals surface area contributed by atoms with Crippen LogP contribution in [-0.4, -0.2) is 24.0 Å². The summed E-state index contributed by atoms with van der Waals surface area (Å²) in [7, 11) is 0. The first-order valence-corrected chi connectivity index (χ1v) is 6.52. The van der Waals surface area contributed by atoms with Crippen LogP contribution in [0.2, 0.25) is 10.0 Å². The lowest BCUT2D eigenvalue weighted by Gasteiger charge is -2.20. The predicted molar refractivity (Wildman–Crippen MR) is 70.5 cm³/mol. The minimum Gasteiger partial charge on any atom is -0.300 e. The number of likely N-dealkylation sites (tertiary alicyclic amines) is 1. The van der Waals surface area contributed by atoms with E-state index in [1.165, 1.54) is 18.5 Å². The Bertz CT molecular complexity index is 376. The molecule has 1 nitrogen and oxygen atoms in total. The van der Waals surface area contributed by atoms with Gasteiger partial charge in [-0.1, -0.05) is 29.3 Å². The molecule has 1 aromatic rings. The summed E-state index contributed by atoms with van der Waals surface area (Å²) in [6.07, 6.45) is 1.22. The molecule has 0 bridgehead atoms. The van der Waals surface area contributed by atoms with Crippen LogP contribution in [0.3, 0.4) is 0 Å². The molecule has 1 aliphatic rings. The first-order valence-electron chi connectivity index (χ1n) is 5.77. The fourth-order valence-electron chi connectivity index (χ4n) is 2.29. The van der Waals surface area contributed by atoms with Crippen LogP contribution < -0.4 is 0 Å². The standard InChI is InChI=1S/C13H17Cl2N/c1-9(2)16-6-5-11(8-16)10-3-4-12(14)13(15)7-10/h3-4,7,9,11H,5-6,8H2,1-2H3. The number of rotatable bonds is 2. The summed E-state index contributed by atoms with van der Waals surface area (Å²) in [6, 6.07) is 6.64. The molecule has 1 aromatic carbocycles. The summed E-state index contributed by atoms with van der Waals surface area (Å²) in [4.78, 5) is 2.51. The average Bonchev–Trinajstić information content (AvgIpc) is 2.71. The second-order valence-electron chi connectivity index (χ2n) is 4.75. The molecule has 0 spiro atoms. The van der Waals surface area contributed by atoms with E-state index in [1.54, 1.807) is 0 Å². The summed E-state index contributed by atoms with van der Waals surface area (Å²) in [5.41, 5.74) is 1.32. The van der Waals surface area contributed by atoms with Crippen LogP contribution in [0.15, 0.2) is 18.2 Å². The highest BCUT2D eigenvalue weighted by Gasteiger charge is 2.25. The van der Waals surface area contributed by atoms with E-state index in [0.29, 0.717) is 22.0 Å². The zero-order chi connectivity index (χ0) is 11.7. The molecular weight excluding hydrogens is 241 g/mol. The Kier molecular flexibility index (Phi) is 3.78. The molecule has 0 radical (unpaired) electrons. The van der Waals surface area contributed by atoms with E-state index < -0.39 is 0 Å². The Labute approximate surface area is 107 Å². The van der Waals surface area contributed by atoms with Gasteiger partial charge in [-0.25, -0.2) is 0 Å². The number of hydrogen-bond donors (Lipinski definition) is 0. The Hall–Kier alpha value is -0.240. The first-order chi connectivity index (χ1) is 7.58. The third-order valence-corrected chi connectivity index (χ3v) is 4.10. The largest absolute Gasteiger partial charge is 0.300 e. The summed E-state index contributed by atoms with van der Waals surface area (Å²) in [6.45, 7) is 6.81. The number of halogens is 2. The van der Waals surface area contributed by atoms with Crippen LogP contribution in [0.25, 0.3) is 0 Å². The van der Waals surface area contributed by atoms with Crippen molar-refractivity contribution in [2.24, 2.45) is 0 Å². The molecule has 0 amide bonds. The SMILES string of the molecule is CC(C)N1CCC(c2ccc(Cl)c(Cl)c2)C1.